The monoisotopic (exact) mass is 472 g/mol. The highest BCUT2D eigenvalue weighted by Gasteiger charge is 2.27. The number of amides is 1. The van der Waals surface area contributed by atoms with Crippen LogP contribution in [0.5, 0.6) is 0 Å². The fourth-order valence-corrected chi connectivity index (χ4v) is 4.48. The van der Waals surface area contributed by atoms with Crippen LogP contribution in [0.2, 0.25) is 0 Å². The molecule has 0 heterocycles. The van der Waals surface area contributed by atoms with Crippen molar-refractivity contribution in [2.45, 2.75) is 18.7 Å². The smallest absolute Gasteiger partial charge is 0.264 e. The van der Waals surface area contributed by atoms with Crippen molar-refractivity contribution < 1.29 is 13.2 Å². The zero-order valence-corrected chi connectivity index (χ0v) is 18.5. The topological polar surface area (TPSA) is 66.5 Å². The minimum atomic E-state index is -3.92. The van der Waals surface area contributed by atoms with Gasteiger partial charge in [-0.25, -0.2) is 8.42 Å². The molecule has 0 saturated heterocycles. The molecule has 0 bridgehead atoms. The van der Waals surface area contributed by atoms with Crippen molar-refractivity contribution in [3.63, 3.8) is 0 Å². The molecule has 1 N–H and O–H groups in total. The first-order chi connectivity index (χ1) is 13.8. The zero-order chi connectivity index (χ0) is 21.0. The van der Waals surface area contributed by atoms with Crippen LogP contribution in [0.3, 0.4) is 0 Å². The maximum Gasteiger partial charge on any atom is 0.264 e. The Hall–Kier alpha value is -2.64. The van der Waals surface area contributed by atoms with Gasteiger partial charge < -0.3 is 5.32 Å². The molecule has 0 unspecified atom stereocenters. The molecule has 3 rings (SSSR count). The maximum absolute atomic E-state index is 13.3. The molecule has 3 aromatic rings. The van der Waals surface area contributed by atoms with E-state index in [4.69, 9.17) is 0 Å². The van der Waals surface area contributed by atoms with Crippen LogP contribution in [0, 0.1) is 13.8 Å². The van der Waals surface area contributed by atoms with E-state index < -0.39 is 15.9 Å². The molecule has 150 valence electrons. The molecular weight excluding hydrogens is 452 g/mol. The molecule has 29 heavy (non-hydrogen) atoms. The average molecular weight is 473 g/mol. The Labute approximate surface area is 179 Å². The Morgan fingerprint density at radius 1 is 0.931 bits per heavy atom. The fraction of sp³-hybridized carbons (Fsp3) is 0.136. The van der Waals surface area contributed by atoms with E-state index in [1.54, 1.807) is 66.7 Å². The molecule has 0 radical (unpaired) electrons. The molecule has 1 amide bonds. The van der Waals surface area contributed by atoms with E-state index in [9.17, 15) is 13.2 Å². The second-order valence-electron chi connectivity index (χ2n) is 6.72. The van der Waals surface area contributed by atoms with Gasteiger partial charge in [-0.05, 0) is 67.9 Å². The van der Waals surface area contributed by atoms with Gasteiger partial charge in [-0.1, -0.05) is 45.8 Å². The van der Waals surface area contributed by atoms with Crippen LogP contribution in [0.25, 0.3) is 0 Å². The lowest BCUT2D eigenvalue weighted by Crippen LogP contribution is -2.38. The van der Waals surface area contributed by atoms with E-state index in [0.29, 0.717) is 11.4 Å². The number of nitrogens with one attached hydrogen (secondary N) is 1. The van der Waals surface area contributed by atoms with Crippen molar-refractivity contribution in [1.82, 2.24) is 0 Å². The number of rotatable bonds is 6. The third kappa shape index (κ3) is 5.25. The Bertz CT molecular complexity index is 1110. The minimum Gasteiger partial charge on any atom is -0.325 e. The summed E-state index contributed by atoms with van der Waals surface area (Å²) in [5, 5.41) is 2.75. The molecule has 0 spiro atoms. The van der Waals surface area contributed by atoms with E-state index in [-0.39, 0.29) is 11.4 Å². The standard InChI is InChI=1S/C22H21BrN2O3S/c1-16-6-12-21(13-7-16)29(27,28)25(20-5-3-4-17(2)14-20)15-22(26)24-19-10-8-18(23)9-11-19/h3-14H,15H2,1-2H3,(H,24,26). The van der Waals surface area contributed by atoms with Crippen molar-refractivity contribution in [3.8, 4) is 0 Å². The van der Waals surface area contributed by atoms with Crippen LogP contribution in [0.1, 0.15) is 11.1 Å². The summed E-state index contributed by atoms with van der Waals surface area (Å²) < 4.78 is 28.7. The van der Waals surface area contributed by atoms with Gasteiger partial charge in [-0.3, -0.25) is 9.10 Å². The maximum atomic E-state index is 13.3. The van der Waals surface area contributed by atoms with Gasteiger partial charge >= 0.3 is 0 Å². The molecular formula is C22H21BrN2O3S. The number of anilines is 2. The van der Waals surface area contributed by atoms with Gasteiger partial charge in [-0.2, -0.15) is 0 Å². The van der Waals surface area contributed by atoms with E-state index >= 15 is 0 Å². The average Bonchev–Trinajstić information content (AvgIpc) is 2.68. The van der Waals surface area contributed by atoms with Crippen molar-refractivity contribution in [2.75, 3.05) is 16.2 Å². The first-order valence-electron chi connectivity index (χ1n) is 8.97. The Morgan fingerprint density at radius 3 is 2.21 bits per heavy atom. The lowest BCUT2D eigenvalue weighted by molar-refractivity contribution is -0.114. The summed E-state index contributed by atoms with van der Waals surface area (Å²) in [5.41, 5.74) is 2.89. The molecule has 5 nitrogen and oxygen atoms in total. The van der Waals surface area contributed by atoms with Gasteiger partial charge in [0.25, 0.3) is 10.0 Å². The Morgan fingerprint density at radius 2 is 1.59 bits per heavy atom. The van der Waals surface area contributed by atoms with Crippen LogP contribution < -0.4 is 9.62 Å². The van der Waals surface area contributed by atoms with Gasteiger partial charge in [0.15, 0.2) is 0 Å². The summed E-state index contributed by atoms with van der Waals surface area (Å²) >= 11 is 3.35. The van der Waals surface area contributed by atoms with E-state index in [0.717, 1.165) is 19.9 Å². The van der Waals surface area contributed by atoms with Gasteiger partial charge in [0.1, 0.15) is 6.54 Å². The van der Waals surface area contributed by atoms with Crippen molar-refractivity contribution >= 4 is 43.2 Å². The first kappa shape index (κ1) is 21.1. The van der Waals surface area contributed by atoms with Gasteiger partial charge in [-0.15, -0.1) is 0 Å². The number of halogens is 1. The summed E-state index contributed by atoms with van der Waals surface area (Å²) in [7, 11) is -3.92. The van der Waals surface area contributed by atoms with Crippen LogP contribution in [0.15, 0.2) is 82.2 Å². The fourth-order valence-electron chi connectivity index (χ4n) is 2.80. The van der Waals surface area contributed by atoms with Crippen molar-refractivity contribution in [2.24, 2.45) is 0 Å². The van der Waals surface area contributed by atoms with E-state index in [1.807, 2.05) is 19.9 Å². The quantitative estimate of drug-likeness (QED) is 0.554. The number of sulfonamides is 1. The molecule has 0 aliphatic heterocycles. The third-order valence-electron chi connectivity index (χ3n) is 4.31. The molecule has 0 aliphatic rings. The Kier molecular flexibility index (Phi) is 6.39. The molecule has 0 aliphatic carbocycles. The number of benzene rings is 3. The number of hydrogen-bond acceptors (Lipinski definition) is 3. The van der Waals surface area contributed by atoms with Gasteiger partial charge in [0, 0.05) is 10.2 Å². The molecule has 7 heteroatoms. The number of aryl methyl sites for hydroxylation is 2. The zero-order valence-electron chi connectivity index (χ0n) is 16.1. The molecule has 3 aromatic carbocycles. The number of hydrogen-bond donors (Lipinski definition) is 1. The van der Waals surface area contributed by atoms with E-state index in [1.165, 1.54) is 0 Å². The lowest BCUT2D eigenvalue weighted by atomic mass is 10.2. The SMILES string of the molecule is Cc1ccc(S(=O)(=O)N(CC(=O)Nc2ccc(Br)cc2)c2cccc(C)c2)cc1. The molecule has 0 atom stereocenters. The summed E-state index contributed by atoms with van der Waals surface area (Å²) in [6.45, 7) is 3.43. The normalized spacial score (nSPS) is 11.1. The second-order valence-corrected chi connectivity index (χ2v) is 9.50. The highest BCUT2D eigenvalue weighted by Crippen LogP contribution is 2.25. The van der Waals surface area contributed by atoms with Crippen molar-refractivity contribution in [3.05, 3.63) is 88.4 Å². The largest absolute Gasteiger partial charge is 0.325 e. The molecule has 0 fully saturated rings. The van der Waals surface area contributed by atoms with E-state index in [2.05, 4.69) is 21.2 Å². The highest BCUT2D eigenvalue weighted by atomic mass is 79.9. The molecule has 0 aromatic heterocycles. The number of carbonyl (C=O) groups is 1. The second kappa shape index (κ2) is 8.80. The van der Waals surface area contributed by atoms with Crippen LogP contribution in [-0.2, 0) is 14.8 Å². The Balaban J connectivity index is 1.93. The summed E-state index contributed by atoms with van der Waals surface area (Å²) in [6, 6.07) is 20.8. The van der Waals surface area contributed by atoms with Gasteiger partial charge in [0.05, 0.1) is 10.6 Å². The predicted molar refractivity (Wildman–Crippen MR) is 120 cm³/mol. The van der Waals surface area contributed by atoms with Crippen LogP contribution >= 0.6 is 15.9 Å². The summed E-state index contributed by atoms with van der Waals surface area (Å²) in [5.74, 6) is -0.426. The summed E-state index contributed by atoms with van der Waals surface area (Å²) in [6.07, 6.45) is 0. The lowest BCUT2D eigenvalue weighted by Gasteiger charge is -2.24. The predicted octanol–water partition coefficient (Wildman–Crippen LogP) is 4.90. The van der Waals surface area contributed by atoms with Crippen LogP contribution in [-0.4, -0.2) is 20.9 Å². The molecule has 0 saturated carbocycles. The number of carbonyl (C=O) groups excluding carboxylic acids is 1. The third-order valence-corrected chi connectivity index (χ3v) is 6.63. The number of nitrogens with zero attached hydrogens (tertiary/aromatic N) is 1. The highest BCUT2D eigenvalue weighted by molar-refractivity contribution is 9.10. The van der Waals surface area contributed by atoms with Crippen molar-refractivity contribution in [1.29, 1.82) is 0 Å². The van der Waals surface area contributed by atoms with Crippen LogP contribution in [0.4, 0.5) is 11.4 Å². The first-order valence-corrected chi connectivity index (χ1v) is 11.2. The van der Waals surface area contributed by atoms with Gasteiger partial charge in [0.2, 0.25) is 5.91 Å². The summed E-state index contributed by atoms with van der Waals surface area (Å²) in [4.78, 5) is 12.8. The minimum absolute atomic E-state index is 0.140.